The SMILES string of the molecule is O=C(/C=C\C(=O)OCCOc1ccccc1)OCCOc1ccccc1. The number of hydrogen-bond acceptors (Lipinski definition) is 6. The summed E-state index contributed by atoms with van der Waals surface area (Å²) in [7, 11) is 0. The molecule has 6 heteroatoms. The van der Waals surface area contributed by atoms with Crippen LogP contribution in [0.1, 0.15) is 0 Å². The zero-order valence-corrected chi connectivity index (χ0v) is 14.2. The summed E-state index contributed by atoms with van der Waals surface area (Å²) in [5.41, 5.74) is 0. The Morgan fingerprint density at radius 2 is 1.00 bits per heavy atom. The van der Waals surface area contributed by atoms with E-state index in [4.69, 9.17) is 18.9 Å². The van der Waals surface area contributed by atoms with Crippen LogP contribution in [0.2, 0.25) is 0 Å². The maximum atomic E-state index is 11.5. The van der Waals surface area contributed by atoms with Gasteiger partial charge in [0.25, 0.3) is 0 Å². The fourth-order valence-electron chi connectivity index (χ4n) is 1.87. The molecule has 0 aliphatic rings. The molecule has 2 aromatic rings. The van der Waals surface area contributed by atoms with Crippen molar-refractivity contribution in [2.24, 2.45) is 0 Å². The van der Waals surface area contributed by atoms with Crippen LogP contribution in [0.15, 0.2) is 72.8 Å². The van der Waals surface area contributed by atoms with Gasteiger partial charge in [0.05, 0.1) is 0 Å². The molecule has 0 aromatic heterocycles. The number of carbonyl (C=O) groups excluding carboxylic acids is 2. The van der Waals surface area contributed by atoms with E-state index in [2.05, 4.69) is 0 Å². The zero-order valence-electron chi connectivity index (χ0n) is 14.2. The lowest BCUT2D eigenvalue weighted by atomic mass is 10.3. The van der Waals surface area contributed by atoms with Crippen LogP contribution in [0.4, 0.5) is 0 Å². The minimum absolute atomic E-state index is 0.0814. The van der Waals surface area contributed by atoms with Crippen molar-refractivity contribution in [1.29, 1.82) is 0 Å². The molecule has 0 N–H and O–H groups in total. The van der Waals surface area contributed by atoms with E-state index in [9.17, 15) is 9.59 Å². The number of esters is 2. The van der Waals surface area contributed by atoms with E-state index in [1.807, 2.05) is 36.4 Å². The lowest BCUT2D eigenvalue weighted by molar-refractivity contribution is -0.141. The molecule has 26 heavy (non-hydrogen) atoms. The summed E-state index contributed by atoms with van der Waals surface area (Å²) in [5, 5.41) is 0. The zero-order chi connectivity index (χ0) is 18.5. The predicted octanol–water partition coefficient (Wildman–Crippen LogP) is 2.79. The third kappa shape index (κ3) is 8.01. The first-order valence-electron chi connectivity index (χ1n) is 8.11. The summed E-state index contributed by atoms with van der Waals surface area (Å²) in [5.74, 6) is 0.110. The van der Waals surface area contributed by atoms with E-state index in [0.717, 1.165) is 12.2 Å². The predicted molar refractivity (Wildman–Crippen MR) is 94.9 cm³/mol. The molecule has 136 valence electrons. The highest BCUT2D eigenvalue weighted by Crippen LogP contribution is 2.08. The summed E-state index contributed by atoms with van der Waals surface area (Å²) < 4.78 is 20.6. The van der Waals surface area contributed by atoms with Gasteiger partial charge in [0, 0.05) is 12.2 Å². The van der Waals surface area contributed by atoms with Gasteiger partial charge in [-0.2, -0.15) is 0 Å². The average Bonchev–Trinajstić information content (AvgIpc) is 2.68. The highest BCUT2D eigenvalue weighted by atomic mass is 16.6. The third-order valence-corrected chi connectivity index (χ3v) is 3.03. The van der Waals surface area contributed by atoms with Gasteiger partial charge in [-0.25, -0.2) is 9.59 Å². The molecule has 2 rings (SSSR count). The van der Waals surface area contributed by atoms with E-state index in [0.29, 0.717) is 11.5 Å². The smallest absolute Gasteiger partial charge is 0.331 e. The van der Waals surface area contributed by atoms with Gasteiger partial charge < -0.3 is 18.9 Å². The largest absolute Gasteiger partial charge is 0.490 e. The van der Waals surface area contributed by atoms with E-state index in [1.54, 1.807) is 24.3 Å². The number of benzene rings is 2. The Morgan fingerprint density at radius 1 is 0.615 bits per heavy atom. The Labute approximate surface area is 151 Å². The molecule has 0 atom stereocenters. The fourth-order valence-corrected chi connectivity index (χ4v) is 1.87. The minimum Gasteiger partial charge on any atom is -0.490 e. The van der Waals surface area contributed by atoms with Crippen LogP contribution >= 0.6 is 0 Å². The normalized spacial score (nSPS) is 10.3. The summed E-state index contributed by atoms with van der Waals surface area (Å²) >= 11 is 0. The maximum absolute atomic E-state index is 11.5. The molecule has 0 saturated carbocycles. The Balaban J connectivity index is 1.53. The monoisotopic (exact) mass is 356 g/mol. The standard InChI is InChI=1S/C20H20O6/c21-19(25-15-13-23-17-7-3-1-4-8-17)11-12-20(22)26-16-14-24-18-9-5-2-6-10-18/h1-12H,13-16H2/b12-11-. The van der Waals surface area contributed by atoms with Crippen LogP contribution in [0.3, 0.4) is 0 Å². The van der Waals surface area contributed by atoms with E-state index in [1.165, 1.54) is 0 Å². The second kappa shape index (κ2) is 11.3. The second-order valence-electron chi connectivity index (χ2n) is 4.99. The molecule has 0 aliphatic heterocycles. The summed E-state index contributed by atoms with van der Waals surface area (Å²) in [4.78, 5) is 23.0. The number of ether oxygens (including phenoxy) is 4. The highest BCUT2D eigenvalue weighted by Gasteiger charge is 2.02. The van der Waals surface area contributed by atoms with Gasteiger partial charge in [0.15, 0.2) is 0 Å². The Bertz CT molecular complexity index is 635. The molecule has 0 heterocycles. The molecule has 2 aromatic carbocycles. The number of rotatable bonds is 10. The quantitative estimate of drug-likeness (QED) is 0.370. The van der Waals surface area contributed by atoms with E-state index < -0.39 is 11.9 Å². The minimum atomic E-state index is -0.640. The lowest BCUT2D eigenvalue weighted by Crippen LogP contribution is -2.12. The summed E-state index contributed by atoms with van der Waals surface area (Å²) in [6.07, 6.45) is 2.03. The first kappa shape index (κ1) is 19.1. The van der Waals surface area contributed by atoms with Crippen molar-refractivity contribution in [3.05, 3.63) is 72.8 Å². The van der Waals surface area contributed by atoms with Crippen molar-refractivity contribution in [3.63, 3.8) is 0 Å². The van der Waals surface area contributed by atoms with Gasteiger partial charge in [-0.15, -0.1) is 0 Å². The summed E-state index contributed by atoms with van der Waals surface area (Å²) in [6, 6.07) is 18.4. The van der Waals surface area contributed by atoms with Crippen molar-refractivity contribution in [2.45, 2.75) is 0 Å². The molecule has 6 nitrogen and oxygen atoms in total. The molecule has 0 amide bonds. The molecular formula is C20H20O6. The van der Waals surface area contributed by atoms with Crippen LogP contribution in [0.25, 0.3) is 0 Å². The second-order valence-corrected chi connectivity index (χ2v) is 4.99. The lowest BCUT2D eigenvalue weighted by Gasteiger charge is -2.06. The topological polar surface area (TPSA) is 71.1 Å². The Morgan fingerprint density at radius 3 is 1.38 bits per heavy atom. The van der Waals surface area contributed by atoms with Crippen LogP contribution in [-0.4, -0.2) is 38.4 Å². The number of para-hydroxylation sites is 2. The first-order valence-corrected chi connectivity index (χ1v) is 8.11. The van der Waals surface area contributed by atoms with Gasteiger partial charge >= 0.3 is 11.9 Å². The van der Waals surface area contributed by atoms with Crippen LogP contribution < -0.4 is 9.47 Å². The third-order valence-electron chi connectivity index (χ3n) is 3.03. The number of carbonyl (C=O) groups is 2. The Hall–Kier alpha value is -3.28. The van der Waals surface area contributed by atoms with Gasteiger partial charge in [-0.05, 0) is 24.3 Å². The van der Waals surface area contributed by atoms with Crippen molar-refractivity contribution >= 4 is 11.9 Å². The molecule has 0 fully saturated rings. The van der Waals surface area contributed by atoms with Crippen LogP contribution in [0.5, 0.6) is 11.5 Å². The fraction of sp³-hybridized carbons (Fsp3) is 0.200. The van der Waals surface area contributed by atoms with Crippen molar-refractivity contribution in [3.8, 4) is 11.5 Å². The van der Waals surface area contributed by atoms with Gasteiger partial charge in [0.1, 0.15) is 37.9 Å². The molecule has 0 bridgehead atoms. The van der Waals surface area contributed by atoms with Crippen molar-refractivity contribution in [2.75, 3.05) is 26.4 Å². The highest BCUT2D eigenvalue weighted by molar-refractivity contribution is 5.91. The summed E-state index contributed by atoms with van der Waals surface area (Å²) in [6.45, 7) is 0.617. The molecular weight excluding hydrogens is 336 g/mol. The van der Waals surface area contributed by atoms with Gasteiger partial charge in [0.2, 0.25) is 0 Å². The van der Waals surface area contributed by atoms with Crippen molar-refractivity contribution in [1.82, 2.24) is 0 Å². The molecule has 0 unspecified atom stereocenters. The molecule has 0 aliphatic carbocycles. The number of hydrogen-bond donors (Lipinski definition) is 0. The van der Waals surface area contributed by atoms with Gasteiger partial charge in [-0.3, -0.25) is 0 Å². The van der Waals surface area contributed by atoms with Crippen LogP contribution in [0, 0.1) is 0 Å². The van der Waals surface area contributed by atoms with E-state index in [-0.39, 0.29) is 26.4 Å². The first-order chi connectivity index (χ1) is 12.7. The average molecular weight is 356 g/mol. The maximum Gasteiger partial charge on any atom is 0.331 e. The van der Waals surface area contributed by atoms with Gasteiger partial charge in [-0.1, -0.05) is 36.4 Å². The Kier molecular flexibility index (Phi) is 8.28. The van der Waals surface area contributed by atoms with Crippen LogP contribution in [-0.2, 0) is 19.1 Å². The van der Waals surface area contributed by atoms with E-state index >= 15 is 0 Å². The molecule has 0 radical (unpaired) electrons. The molecule has 0 saturated heterocycles. The van der Waals surface area contributed by atoms with Crippen molar-refractivity contribution < 1.29 is 28.5 Å². The molecule has 0 spiro atoms.